The van der Waals surface area contributed by atoms with Gasteiger partial charge in [0.15, 0.2) is 0 Å². The number of H-pyrrole nitrogens is 1. The average molecular weight is 309 g/mol. The molecule has 0 aliphatic heterocycles. The number of benzene rings is 1. The first-order valence-electron chi connectivity index (χ1n) is 6.73. The lowest BCUT2D eigenvalue weighted by Crippen LogP contribution is -2.18. The Bertz CT molecular complexity index is 689. The van der Waals surface area contributed by atoms with Crippen molar-refractivity contribution in [3.63, 3.8) is 0 Å². The Morgan fingerprint density at radius 3 is 2.50 bits per heavy atom. The van der Waals surface area contributed by atoms with Crippen molar-refractivity contribution in [2.45, 2.75) is 32.1 Å². The van der Waals surface area contributed by atoms with Crippen LogP contribution in [0, 0.1) is 0 Å². The predicted molar refractivity (Wildman–Crippen MR) is 81.6 cm³/mol. The number of aromatic nitrogens is 2. The van der Waals surface area contributed by atoms with Crippen molar-refractivity contribution in [3.05, 3.63) is 49.9 Å². The molecule has 5 heteroatoms. The molecule has 0 amide bonds. The summed E-state index contributed by atoms with van der Waals surface area (Å²) in [5.74, 6) is 0.464. The first-order chi connectivity index (χ1) is 9.66. The number of halogens is 2. The third-order valence-electron chi connectivity index (χ3n) is 3.64. The highest BCUT2D eigenvalue weighted by Gasteiger charge is 2.17. The summed E-state index contributed by atoms with van der Waals surface area (Å²) in [6, 6.07) is 5.26. The molecular weight excluding hydrogens is 295 g/mol. The van der Waals surface area contributed by atoms with E-state index in [2.05, 4.69) is 9.97 Å². The van der Waals surface area contributed by atoms with Crippen LogP contribution in [0.3, 0.4) is 0 Å². The average Bonchev–Trinajstić information content (AvgIpc) is 2.64. The van der Waals surface area contributed by atoms with Crippen molar-refractivity contribution in [2.75, 3.05) is 0 Å². The number of nitrogens with one attached hydrogen (secondary N) is 1. The number of aryl methyl sites for hydroxylation is 1. The van der Waals surface area contributed by atoms with Gasteiger partial charge in [-0.3, -0.25) is 4.79 Å². The standard InChI is InChI=1S/C15H14Cl2N2O/c16-10-6-4-7-11(17)13(10)14-18-12-8-3-1-2-5-9(12)15(20)19-14/h4,6-7H,1-3,5,8H2,(H,18,19,20). The molecule has 2 aromatic rings. The van der Waals surface area contributed by atoms with Crippen LogP contribution in [0.4, 0.5) is 0 Å². The maximum atomic E-state index is 12.3. The van der Waals surface area contributed by atoms with E-state index < -0.39 is 0 Å². The van der Waals surface area contributed by atoms with Crippen molar-refractivity contribution in [1.82, 2.24) is 9.97 Å². The van der Waals surface area contributed by atoms with Crippen LogP contribution in [0.15, 0.2) is 23.0 Å². The summed E-state index contributed by atoms with van der Waals surface area (Å²) in [6.45, 7) is 0. The third-order valence-corrected chi connectivity index (χ3v) is 4.27. The van der Waals surface area contributed by atoms with Crippen LogP contribution in [0.25, 0.3) is 11.4 Å². The predicted octanol–water partition coefficient (Wildman–Crippen LogP) is 4.01. The van der Waals surface area contributed by atoms with Gasteiger partial charge in [-0.25, -0.2) is 4.98 Å². The summed E-state index contributed by atoms with van der Waals surface area (Å²) in [7, 11) is 0. The lowest BCUT2D eigenvalue weighted by atomic mass is 10.1. The van der Waals surface area contributed by atoms with Crippen LogP contribution in [-0.4, -0.2) is 9.97 Å². The Hall–Kier alpha value is -1.32. The third kappa shape index (κ3) is 2.48. The molecule has 0 saturated heterocycles. The molecule has 0 atom stereocenters. The molecule has 104 valence electrons. The Kier molecular flexibility index (Phi) is 3.81. The fourth-order valence-electron chi connectivity index (χ4n) is 2.62. The highest BCUT2D eigenvalue weighted by molar-refractivity contribution is 6.38. The molecule has 3 rings (SSSR count). The van der Waals surface area contributed by atoms with Crippen molar-refractivity contribution < 1.29 is 0 Å². The van der Waals surface area contributed by atoms with Crippen molar-refractivity contribution in [3.8, 4) is 11.4 Å². The SMILES string of the molecule is O=c1[nH]c(-c2c(Cl)cccc2Cl)nc2c1CCCCC2. The minimum absolute atomic E-state index is 0.0668. The summed E-state index contributed by atoms with van der Waals surface area (Å²) in [5.41, 5.74) is 2.23. The number of aromatic amines is 1. The number of hydrogen-bond acceptors (Lipinski definition) is 2. The number of hydrogen-bond donors (Lipinski definition) is 1. The Labute approximate surface area is 127 Å². The van der Waals surface area contributed by atoms with E-state index in [-0.39, 0.29) is 5.56 Å². The van der Waals surface area contributed by atoms with Gasteiger partial charge in [-0.2, -0.15) is 0 Å². The van der Waals surface area contributed by atoms with Gasteiger partial charge < -0.3 is 4.98 Å². The van der Waals surface area contributed by atoms with Crippen LogP contribution in [-0.2, 0) is 12.8 Å². The summed E-state index contributed by atoms with van der Waals surface area (Å²) in [5, 5.41) is 0.989. The topological polar surface area (TPSA) is 45.8 Å². The zero-order chi connectivity index (χ0) is 14.1. The van der Waals surface area contributed by atoms with Crippen LogP contribution in [0.1, 0.15) is 30.5 Å². The molecule has 1 aliphatic rings. The van der Waals surface area contributed by atoms with E-state index in [1.165, 1.54) is 0 Å². The zero-order valence-corrected chi connectivity index (χ0v) is 12.4. The molecule has 1 aliphatic carbocycles. The van der Waals surface area contributed by atoms with Gasteiger partial charge in [0.2, 0.25) is 0 Å². The Balaban J connectivity index is 2.19. The van der Waals surface area contributed by atoms with Crippen molar-refractivity contribution in [2.24, 2.45) is 0 Å². The lowest BCUT2D eigenvalue weighted by molar-refractivity contribution is 0.708. The first kappa shape index (κ1) is 13.7. The van der Waals surface area contributed by atoms with E-state index in [4.69, 9.17) is 23.2 Å². The van der Waals surface area contributed by atoms with Crippen LogP contribution in [0.2, 0.25) is 10.0 Å². The lowest BCUT2D eigenvalue weighted by Gasteiger charge is -2.10. The highest BCUT2D eigenvalue weighted by atomic mass is 35.5. The van der Waals surface area contributed by atoms with Crippen LogP contribution >= 0.6 is 23.2 Å². The maximum absolute atomic E-state index is 12.3. The van der Waals surface area contributed by atoms with Crippen molar-refractivity contribution >= 4 is 23.2 Å². The van der Waals surface area contributed by atoms with E-state index >= 15 is 0 Å². The van der Waals surface area contributed by atoms with Gasteiger partial charge in [-0.15, -0.1) is 0 Å². The molecule has 1 N–H and O–H groups in total. The minimum Gasteiger partial charge on any atom is -0.306 e. The van der Waals surface area contributed by atoms with Crippen LogP contribution < -0.4 is 5.56 Å². The van der Waals surface area contributed by atoms with E-state index in [1.54, 1.807) is 18.2 Å². The van der Waals surface area contributed by atoms with Gasteiger partial charge in [0.1, 0.15) is 5.82 Å². The first-order valence-corrected chi connectivity index (χ1v) is 7.49. The summed E-state index contributed by atoms with van der Waals surface area (Å²) < 4.78 is 0. The van der Waals surface area contributed by atoms with E-state index in [0.717, 1.165) is 43.4 Å². The molecule has 1 aromatic heterocycles. The van der Waals surface area contributed by atoms with Crippen LogP contribution in [0.5, 0.6) is 0 Å². The molecule has 0 radical (unpaired) electrons. The van der Waals surface area contributed by atoms with Crippen molar-refractivity contribution in [1.29, 1.82) is 0 Å². The van der Waals surface area contributed by atoms with Gasteiger partial charge in [0.05, 0.1) is 21.3 Å². The second kappa shape index (κ2) is 5.58. The molecular formula is C15H14Cl2N2O. The zero-order valence-electron chi connectivity index (χ0n) is 10.9. The highest BCUT2D eigenvalue weighted by Crippen LogP contribution is 2.32. The van der Waals surface area contributed by atoms with E-state index in [9.17, 15) is 4.79 Å². The fraction of sp³-hybridized carbons (Fsp3) is 0.333. The molecule has 0 unspecified atom stereocenters. The molecule has 3 nitrogen and oxygen atoms in total. The Morgan fingerprint density at radius 1 is 1.05 bits per heavy atom. The fourth-order valence-corrected chi connectivity index (χ4v) is 3.20. The molecule has 0 fully saturated rings. The van der Waals surface area contributed by atoms with E-state index in [1.807, 2.05) is 0 Å². The number of fused-ring (bicyclic) bond motifs is 1. The maximum Gasteiger partial charge on any atom is 0.254 e. The summed E-state index contributed by atoms with van der Waals surface area (Å²) >= 11 is 12.4. The molecule has 0 saturated carbocycles. The van der Waals surface area contributed by atoms with Gasteiger partial charge in [-0.1, -0.05) is 35.7 Å². The second-order valence-corrected chi connectivity index (χ2v) is 5.81. The second-order valence-electron chi connectivity index (χ2n) is 5.00. The molecule has 0 bridgehead atoms. The quantitative estimate of drug-likeness (QED) is 0.809. The largest absolute Gasteiger partial charge is 0.306 e. The molecule has 1 aromatic carbocycles. The summed E-state index contributed by atoms with van der Waals surface area (Å²) in [6.07, 6.45) is 4.89. The van der Waals surface area contributed by atoms with E-state index in [0.29, 0.717) is 21.4 Å². The molecule has 20 heavy (non-hydrogen) atoms. The smallest absolute Gasteiger partial charge is 0.254 e. The normalized spacial score (nSPS) is 14.7. The van der Waals surface area contributed by atoms with Gasteiger partial charge in [-0.05, 0) is 37.8 Å². The van der Waals surface area contributed by atoms with Gasteiger partial charge in [0.25, 0.3) is 5.56 Å². The number of nitrogens with zero attached hydrogens (tertiary/aromatic N) is 1. The van der Waals surface area contributed by atoms with Gasteiger partial charge in [0, 0.05) is 5.56 Å². The minimum atomic E-state index is -0.0668. The van der Waals surface area contributed by atoms with Gasteiger partial charge >= 0.3 is 0 Å². The monoisotopic (exact) mass is 308 g/mol. The summed E-state index contributed by atoms with van der Waals surface area (Å²) in [4.78, 5) is 19.7. The number of rotatable bonds is 1. The Morgan fingerprint density at radius 2 is 1.75 bits per heavy atom. The molecule has 0 spiro atoms. The molecule has 1 heterocycles.